The maximum atomic E-state index is 13.4. The molecule has 3 aromatic carbocycles. The Labute approximate surface area is 173 Å². The third-order valence-electron chi connectivity index (χ3n) is 4.63. The Hall–Kier alpha value is -2.63. The van der Waals surface area contributed by atoms with Crippen molar-refractivity contribution >= 4 is 10.0 Å². The molecule has 0 N–H and O–H groups in total. The van der Waals surface area contributed by atoms with Crippen molar-refractivity contribution in [3.63, 3.8) is 0 Å². The number of hydrogen-bond acceptors (Lipinski definition) is 3. The molecule has 0 saturated carbocycles. The molecule has 0 fully saturated rings. The predicted octanol–water partition coefficient (Wildman–Crippen LogP) is 5.26. The van der Waals surface area contributed by atoms with Gasteiger partial charge in [0.1, 0.15) is 5.75 Å². The number of benzene rings is 3. The molecule has 0 aliphatic carbocycles. The molecule has 0 radical (unpaired) electrons. The van der Waals surface area contributed by atoms with E-state index in [0.29, 0.717) is 25.4 Å². The molecular weight excluding hydrogens is 382 g/mol. The zero-order chi connectivity index (χ0) is 20.5. The summed E-state index contributed by atoms with van der Waals surface area (Å²) < 4.78 is 34.0. The molecule has 0 amide bonds. The molecule has 4 nitrogen and oxygen atoms in total. The molecule has 152 valence electrons. The lowest BCUT2D eigenvalue weighted by Crippen LogP contribution is -2.30. The van der Waals surface area contributed by atoms with Gasteiger partial charge in [0, 0.05) is 13.1 Å². The monoisotopic (exact) mass is 409 g/mol. The second-order valence-electron chi connectivity index (χ2n) is 6.92. The number of rotatable bonds is 10. The smallest absolute Gasteiger partial charge is 0.243 e. The van der Waals surface area contributed by atoms with Crippen LogP contribution in [0.1, 0.15) is 30.9 Å². The van der Waals surface area contributed by atoms with Crippen LogP contribution < -0.4 is 4.74 Å². The highest BCUT2D eigenvalue weighted by Crippen LogP contribution is 2.23. The SMILES string of the molecule is CCCCOc1ccc(S(=O)(=O)N(Cc2ccccc2)Cc2ccccc2)cc1. The first-order chi connectivity index (χ1) is 14.1. The summed E-state index contributed by atoms with van der Waals surface area (Å²) in [5.41, 5.74) is 1.90. The van der Waals surface area contributed by atoms with Crippen molar-refractivity contribution in [1.29, 1.82) is 0 Å². The van der Waals surface area contributed by atoms with Gasteiger partial charge in [-0.25, -0.2) is 8.42 Å². The van der Waals surface area contributed by atoms with Gasteiger partial charge in [0.25, 0.3) is 0 Å². The third kappa shape index (κ3) is 5.92. The Morgan fingerprint density at radius 3 is 1.76 bits per heavy atom. The molecule has 0 spiro atoms. The molecule has 29 heavy (non-hydrogen) atoms. The van der Waals surface area contributed by atoms with Crippen molar-refractivity contribution in [2.45, 2.75) is 37.8 Å². The van der Waals surface area contributed by atoms with Crippen molar-refractivity contribution in [2.24, 2.45) is 0 Å². The molecule has 5 heteroatoms. The third-order valence-corrected chi connectivity index (χ3v) is 6.44. The molecule has 0 saturated heterocycles. The molecule has 0 unspecified atom stereocenters. The predicted molar refractivity (Wildman–Crippen MR) is 116 cm³/mol. The van der Waals surface area contributed by atoms with Crippen LogP contribution in [-0.2, 0) is 23.1 Å². The van der Waals surface area contributed by atoms with Gasteiger partial charge < -0.3 is 4.74 Å². The number of unbranched alkanes of at least 4 members (excludes halogenated alkanes) is 1. The van der Waals surface area contributed by atoms with Gasteiger partial charge in [-0.3, -0.25) is 0 Å². The van der Waals surface area contributed by atoms with Crippen molar-refractivity contribution in [3.8, 4) is 5.75 Å². The quantitative estimate of drug-likeness (QED) is 0.429. The van der Waals surface area contributed by atoms with Crippen molar-refractivity contribution in [3.05, 3.63) is 96.1 Å². The standard InChI is InChI=1S/C24H27NO3S/c1-2-3-18-28-23-14-16-24(17-15-23)29(26,27)25(19-21-10-6-4-7-11-21)20-22-12-8-5-9-13-22/h4-17H,2-3,18-20H2,1H3. The fraction of sp³-hybridized carbons (Fsp3) is 0.250. The van der Waals surface area contributed by atoms with Gasteiger partial charge in [0.2, 0.25) is 10.0 Å². The lowest BCUT2D eigenvalue weighted by atomic mass is 10.2. The Balaban J connectivity index is 1.84. The molecule has 0 aromatic heterocycles. The van der Waals surface area contributed by atoms with E-state index in [2.05, 4.69) is 6.92 Å². The van der Waals surface area contributed by atoms with Gasteiger partial charge in [0.15, 0.2) is 0 Å². The minimum absolute atomic E-state index is 0.271. The second-order valence-corrected chi connectivity index (χ2v) is 8.86. The van der Waals surface area contributed by atoms with Gasteiger partial charge in [-0.1, -0.05) is 74.0 Å². The molecule has 0 heterocycles. The van der Waals surface area contributed by atoms with Crippen molar-refractivity contribution < 1.29 is 13.2 Å². The summed E-state index contributed by atoms with van der Waals surface area (Å²) in [5.74, 6) is 0.690. The summed E-state index contributed by atoms with van der Waals surface area (Å²) in [4.78, 5) is 0.271. The minimum Gasteiger partial charge on any atom is -0.494 e. The Kier molecular flexibility index (Phi) is 7.44. The largest absolute Gasteiger partial charge is 0.494 e. The van der Waals surface area contributed by atoms with E-state index in [1.165, 1.54) is 4.31 Å². The second kappa shape index (κ2) is 10.2. The zero-order valence-electron chi connectivity index (χ0n) is 16.7. The van der Waals surface area contributed by atoms with Crippen LogP contribution in [0.25, 0.3) is 0 Å². The van der Waals surface area contributed by atoms with E-state index in [0.717, 1.165) is 24.0 Å². The highest BCUT2D eigenvalue weighted by atomic mass is 32.2. The zero-order valence-corrected chi connectivity index (χ0v) is 17.5. The van der Waals surface area contributed by atoms with Gasteiger partial charge in [-0.15, -0.1) is 0 Å². The summed E-state index contributed by atoms with van der Waals surface area (Å²) in [6, 6.07) is 26.0. The molecular formula is C24H27NO3S. The Morgan fingerprint density at radius 2 is 1.28 bits per heavy atom. The van der Waals surface area contributed by atoms with Gasteiger partial charge in [-0.2, -0.15) is 4.31 Å². The van der Waals surface area contributed by atoms with E-state index in [1.54, 1.807) is 24.3 Å². The molecule has 0 aliphatic heterocycles. The normalized spacial score (nSPS) is 11.5. The number of nitrogens with zero attached hydrogens (tertiary/aromatic N) is 1. The van der Waals surface area contributed by atoms with Crippen LogP contribution in [0, 0.1) is 0 Å². The van der Waals surface area contributed by atoms with E-state index < -0.39 is 10.0 Å². The Morgan fingerprint density at radius 1 is 0.759 bits per heavy atom. The maximum Gasteiger partial charge on any atom is 0.243 e. The first-order valence-corrected chi connectivity index (χ1v) is 11.3. The van der Waals surface area contributed by atoms with Crippen molar-refractivity contribution in [2.75, 3.05) is 6.61 Å². The van der Waals surface area contributed by atoms with Crippen LogP contribution in [-0.4, -0.2) is 19.3 Å². The van der Waals surface area contributed by atoms with Crippen molar-refractivity contribution in [1.82, 2.24) is 4.31 Å². The summed E-state index contributed by atoms with van der Waals surface area (Å²) in [7, 11) is -3.66. The van der Waals surface area contributed by atoms with E-state index in [9.17, 15) is 8.42 Å². The van der Waals surface area contributed by atoms with E-state index in [-0.39, 0.29) is 4.90 Å². The average molecular weight is 410 g/mol. The van der Waals surface area contributed by atoms with Gasteiger partial charge >= 0.3 is 0 Å². The van der Waals surface area contributed by atoms with E-state index in [4.69, 9.17) is 4.74 Å². The number of ether oxygens (including phenoxy) is 1. The van der Waals surface area contributed by atoms with Crippen LogP contribution in [0.15, 0.2) is 89.8 Å². The lowest BCUT2D eigenvalue weighted by molar-refractivity contribution is 0.309. The van der Waals surface area contributed by atoms with Gasteiger partial charge in [-0.05, 0) is 41.8 Å². The van der Waals surface area contributed by atoms with E-state index in [1.807, 2.05) is 60.7 Å². The van der Waals surface area contributed by atoms with Crippen LogP contribution in [0.2, 0.25) is 0 Å². The van der Waals surface area contributed by atoms with E-state index >= 15 is 0 Å². The molecule has 3 rings (SSSR count). The molecule has 0 atom stereocenters. The highest BCUT2D eigenvalue weighted by Gasteiger charge is 2.25. The number of sulfonamides is 1. The Bertz CT molecular complexity index is 930. The molecule has 0 bridgehead atoms. The minimum atomic E-state index is -3.66. The fourth-order valence-corrected chi connectivity index (χ4v) is 4.41. The fourth-order valence-electron chi connectivity index (χ4n) is 2.99. The summed E-state index contributed by atoms with van der Waals surface area (Å²) in [6.45, 7) is 3.36. The van der Waals surface area contributed by atoms with Crippen LogP contribution in [0.4, 0.5) is 0 Å². The maximum absolute atomic E-state index is 13.4. The summed E-state index contributed by atoms with van der Waals surface area (Å²) >= 11 is 0. The topological polar surface area (TPSA) is 46.6 Å². The van der Waals surface area contributed by atoms with Crippen LogP contribution in [0.3, 0.4) is 0 Å². The first-order valence-electron chi connectivity index (χ1n) is 9.90. The molecule has 3 aromatic rings. The van der Waals surface area contributed by atoms with Crippen LogP contribution in [0.5, 0.6) is 5.75 Å². The van der Waals surface area contributed by atoms with Gasteiger partial charge in [0.05, 0.1) is 11.5 Å². The average Bonchev–Trinajstić information content (AvgIpc) is 2.75. The first kappa shape index (κ1) is 21.1. The lowest BCUT2D eigenvalue weighted by Gasteiger charge is -2.23. The van der Waals surface area contributed by atoms with Crippen LogP contribution >= 0.6 is 0 Å². The number of hydrogen-bond donors (Lipinski definition) is 0. The summed E-state index contributed by atoms with van der Waals surface area (Å²) in [5, 5.41) is 0. The highest BCUT2D eigenvalue weighted by molar-refractivity contribution is 7.89. The molecule has 0 aliphatic rings. The summed E-state index contributed by atoms with van der Waals surface area (Å²) in [6.07, 6.45) is 2.03.